The van der Waals surface area contributed by atoms with Crippen LogP contribution in [-0.2, 0) is 9.53 Å². The fourth-order valence-electron chi connectivity index (χ4n) is 1.49. The van der Waals surface area contributed by atoms with Gasteiger partial charge in [0.05, 0.1) is 19.8 Å². The molecular formula is C14H18FNO4. The lowest BCUT2D eigenvalue weighted by Crippen LogP contribution is -2.33. The van der Waals surface area contributed by atoms with Gasteiger partial charge in [-0.2, -0.15) is 0 Å². The van der Waals surface area contributed by atoms with Crippen LogP contribution < -0.4 is 10.1 Å². The van der Waals surface area contributed by atoms with Crippen LogP contribution in [0.25, 0.3) is 6.08 Å². The van der Waals surface area contributed by atoms with Crippen molar-refractivity contribution in [2.45, 2.75) is 6.10 Å². The predicted octanol–water partition coefficient (Wildman–Crippen LogP) is 0.971. The molecule has 1 unspecified atom stereocenters. The number of aliphatic hydroxyl groups is 1. The maximum atomic E-state index is 13.4. The average Bonchev–Trinajstić information content (AvgIpc) is 2.43. The van der Waals surface area contributed by atoms with Crippen LogP contribution in [0.1, 0.15) is 5.56 Å². The molecule has 1 rings (SSSR count). The average molecular weight is 283 g/mol. The summed E-state index contributed by atoms with van der Waals surface area (Å²) in [5.74, 6) is -0.726. The van der Waals surface area contributed by atoms with Crippen LogP contribution in [0.4, 0.5) is 4.39 Å². The Balaban J connectivity index is 2.51. The summed E-state index contributed by atoms with van der Waals surface area (Å²) in [4.78, 5) is 11.5. The fourth-order valence-corrected chi connectivity index (χ4v) is 1.49. The van der Waals surface area contributed by atoms with E-state index in [-0.39, 0.29) is 24.8 Å². The molecule has 5 nitrogen and oxygen atoms in total. The molecule has 0 heterocycles. The van der Waals surface area contributed by atoms with Crippen LogP contribution >= 0.6 is 0 Å². The van der Waals surface area contributed by atoms with Crippen molar-refractivity contribution in [1.82, 2.24) is 5.32 Å². The van der Waals surface area contributed by atoms with E-state index in [1.807, 2.05) is 0 Å². The highest BCUT2D eigenvalue weighted by Gasteiger charge is 2.05. The Morgan fingerprint density at radius 3 is 2.85 bits per heavy atom. The lowest BCUT2D eigenvalue weighted by atomic mass is 10.2. The van der Waals surface area contributed by atoms with Crippen molar-refractivity contribution in [2.75, 3.05) is 27.4 Å². The summed E-state index contributed by atoms with van der Waals surface area (Å²) in [6, 6.07) is 4.38. The number of aliphatic hydroxyl groups excluding tert-OH is 1. The number of halogens is 1. The number of rotatable bonds is 7. The van der Waals surface area contributed by atoms with Crippen LogP contribution in [0, 0.1) is 5.82 Å². The van der Waals surface area contributed by atoms with E-state index < -0.39 is 11.9 Å². The zero-order valence-electron chi connectivity index (χ0n) is 11.4. The molecule has 110 valence electrons. The largest absolute Gasteiger partial charge is 0.494 e. The molecule has 0 bridgehead atoms. The number of amides is 1. The SMILES string of the molecule is COCC(O)CNC(=O)C=Cc1ccc(OC)c(F)c1. The molecule has 0 saturated heterocycles. The van der Waals surface area contributed by atoms with Crippen molar-refractivity contribution in [3.05, 3.63) is 35.7 Å². The molecule has 2 N–H and O–H groups in total. The first-order valence-electron chi connectivity index (χ1n) is 6.03. The zero-order valence-corrected chi connectivity index (χ0v) is 11.4. The summed E-state index contributed by atoms with van der Waals surface area (Å²) in [5.41, 5.74) is 0.538. The highest BCUT2D eigenvalue weighted by molar-refractivity contribution is 5.91. The number of carbonyl (C=O) groups excluding carboxylic acids is 1. The third kappa shape index (κ3) is 5.38. The third-order valence-corrected chi connectivity index (χ3v) is 2.47. The van der Waals surface area contributed by atoms with Gasteiger partial charge in [0.25, 0.3) is 0 Å². The Bertz CT molecular complexity index is 476. The molecule has 20 heavy (non-hydrogen) atoms. The van der Waals surface area contributed by atoms with E-state index in [4.69, 9.17) is 9.47 Å². The summed E-state index contributed by atoms with van der Waals surface area (Å²) >= 11 is 0. The van der Waals surface area contributed by atoms with E-state index in [2.05, 4.69) is 5.32 Å². The summed E-state index contributed by atoms with van der Waals surface area (Å²) in [6.45, 7) is 0.238. The minimum atomic E-state index is -0.754. The van der Waals surface area contributed by atoms with E-state index in [0.717, 1.165) is 0 Å². The van der Waals surface area contributed by atoms with Gasteiger partial charge in [0.2, 0.25) is 5.91 Å². The van der Waals surface area contributed by atoms with Crippen LogP contribution in [-0.4, -0.2) is 44.5 Å². The Morgan fingerprint density at radius 1 is 1.50 bits per heavy atom. The topological polar surface area (TPSA) is 67.8 Å². The molecule has 0 radical (unpaired) electrons. The number of ether oxygens (including phenoxy) is 2. The number of methoxy groups -OCH3 is 2. The van der Waals surface area contributed by atoms with Gasteiger partial charge in [0.15, 0.2) is 11.6 Å². The van der Waals surface area contributed by atoms with Crippen LogP contribution in [0.3, 0.4) is 0 Å². The quantitative estimate of drug-likeness (QED) is 0.732. The van der Waals surface area contributed by atoms with E-state index in [0.29, 0.717) is 5.56 Å². The first-order valence-corrected chi connectivity index (χ1v) is 6.03. The van der Waals surface area contributed by atoms with Gasteiger partial charge in [-0.3, -0.25) is 4.79 Å². The van der Waals surface area contributed by atoms with E-state index in [1.165, 1.54) is 38.5 Å². The lowest BCUT2D eigenvalue weighted by molar-refractivity contribution is -0.117. The molecule has 0 aliphatic heterocycles. The van der Waals surface area contributed by atoms with Gasteiger partial charge in [-0.15, -0.1) is 0 Å². The van der Waals surface area contributed by atoms with Crippen LogP contribution in [0.2, 0.25) is 0 Å². The molecule has 1 atom stereocenters. The van der Waals surface area contributed by atoms with Crippen molar-refractivity contribution in [3.63, 3.8) is 0 Å². The molecule has 0 spiro atoms. The van der Waals surface area contributed by atoms with Crippen LogP contribution in [0.5, 0.6) is 5.75 Å². The Hall–Kier alpha value is -1.92. The van der Waals surface area contributed by atoms with Crippen molar-refractivity contribution < 1.29 is 23.8 Å². The fraction of sp³-hybridized carbons (Fsp3) is 0.357. The summed E-state index contributed by atoms with van der Waals surface area (Å²) in [6.07, 6.45) is 1.98. The first kappa shape index (κ1) is 16.1. The van der Waals surface area contributed by atoms with Gasteiger partial charge in [-0.1, -0.05) is 6.07 Å². The second kappa shape index (κ2) is 8.29. The number of hydrogen-bond acceptors (Lipinski definition) is 4. The molecular weight excluding hydrogens is 265 g/mol. The predicted molar refractivity (Wildman–Crippen MR) is 72.9 cm³/mol. The normalized spacial score (nSPS) is 12.4. The summed E-state index contributed by atoms with van der Waals surface area (Å²) in [7, 11) is 2.84. The number of carbonyl (C=O) groups is 1. The van der Waals surface area contributed by atoms with Crippen molar-refractivity contribution in [2.24, 2.45) is 0 Å². The second-order valence-corrected chi connectivity index (χ2v) is 4.08. The molecule has 1 aromatic carbocycles. The maximum Gasteiger partial charge on any atom is 0.244 e. The molecule has 0 aliphatic rings. The van der Waals surface area contributed by atoms with E-state index in [1.54, 1.807) is 6.07 Å². The molecule has 0 aromatic heterocycles. The van der Waals surface area contributed by atoms with E-state index >= 15 is 0 Å². The monoisotopic (exact) mass is 283 g/mol. The number of hydrogen-bond donors (Lipinski definition) is 2. The Labute approximate surface area is 117 Å². The van der Waals surface area contributed by atoms with Crippen LogP contribution in [0.15, 0.2) is 24.3 Å². The first-order chi connectivity index (χ1) is 9.56. The number of benzene rings is 1. The zero-order chi connectivity index (χ0) is 15.0. The van der Waals surface area contributed by atoms with E-state index in [9.17, 15) is 14.3 Å². The van der Waals surface area contributed by atoms with Gasteiger partial charge in [0.1, 0.15) is 0 Å². The second-order valence-electron chi connectivity index (χ2n) is 4.08. The molecule has 0 saturated carbocycles. The molecule has 6 heteroatoms. The van der Waals surface area contributed by atoms with Gasteiger partial charge in [0, 0.05) is 19.7 Å². The summed E-state index contributed by atoms with van der Waals surface area (Å²) in [5, 5.41) is 11.9. The molecule has 1 aromatic rings. The minimum Gasteiger partial charge on any atom is -0.494 e. The lowest BCUT2D eigenvalue weighted by Gasteiger charge is -2.09. The number of nitrogens with one attached hydrogen (secondary N) is 1. The highest BCUT2D eigenvalue weighted by Crippen LogP contribution is 2.18. The highest BCUT2D eigenvalue weighted by atomic mass is 19.1. The van der Waals surface area contributed by atoms with Crippen molar-refractivity contribution >= 4 is 12.0 Å². The maximum absolute atomic E-state index is 13.4. The molecule has 1 amide bonds. The minimum absolute atomic E-state index is 0.0913. The Kier molecular flexibility index (Phi) is 6.69. The van der Waals surface area contributed by atoms with Crippen molar-refractivity contribution in [1.29, 1.82) is 0 Å². The smallest absolute Gasteiger partial charge is 0.244 e. The third-order valence-electron chi connectivity index (χ3n) is 2.47. The van der Waals surface area contributed by atoms with Crippen molar-refractivity contribution in [3.8, 4) is 5.75 Å². The van der Waals surface area contributed by atoms with Gasteiger partial charge in [-0.05, 0) is 23.8 Å². The van der Waals surface area contributed by atoms with Gasteiger partial charge < -0.3 is 19.9 Å². The van der Waals surface area contributed by atoms with Gasteiger partial charge >= 0.3 is 0 Å². The Morgan fingerprint density at radius 2 is 2.25 bits per heavy atom. The molecule has 0 aliphatic carbocycles. The van der Waals surface area contributed by atoms with Gasteiger partial charge in [-0.25, -0.2) is 4.39 Å². The molecule has 0 fully saturated rings. The standard InChI is InChI=1S/C14H18FNO4/c1-19-9-11(17)8-16-14(18)6-4-10-3-5-13(20-2)12(15)7-10/h3-7,11,17H,8-9H2,1-2H3,(H,16,18). The summed E-state index contributed by atoms with van der Waals surface area (Å²) < 4.78 is 22.9.